The third kappa shape index (κ3) is 4.72. The second-order valence-electron chi connectivity index (χ2n) is 4.86. The topological polar surface area (TPSA) is 98.7 Å². The first-order chi connectivity index (χ1) is 9.97. The molecule has 0 saturated carbocycles. The number of nitrogens with zero attached hydrogens (tertiary/aromatic N) is 2. The SMILES string of the molecule is Cl.N[C@@H]1CCN(C(=O)CCOc2ccc(Cl)cc2[N+](=O)[O-])C1. The minimum absolute atomic E-state index is 0. The van der Waals surface area contributed by atoms with Crippen LogP contribution in [0.1, 0.15) is 12.8 Å². The molecule has 1 amide bonds. The average molecular weight is 350 g/mol. The van der Waals surface area contributed by atoms with E-state index in [0.717, 1.165) is 6.42 Å². The van der Waals surface area contributed by atoms with E-state index in [9.17, 15) is 14.9 Å². The Morgan fingerprint density at radius 1 is 1.55 bits per heavy atom. The Hall–Kier alpha value is -1.57. The number of nitro groups is 1. The van der Waals surface area contributed by atoms with Gasteiger partial charge in [0.05, 0.1) is 18.0 Å². The molecule has 2 rings (SSSR count). The number of carbonyl (C=O) groups excluding carboxylic acids is 1. The molecule has 22 heavy (non-hydrogen) atoms. The van der Waals surface area contributed by atoms with Crippen molar-refractivity contribution in [3.63, 3.8) is 0 Å². The van der Waals surface area contributed by atoms with E-state index in [1.165, 1.54) is 18.2 Å². The molecule has 1 aromatic rings. The van der Waals surface area contributed by atoms with Gasteiger partial charge in [-0.3, -0.25) is 14.9 Å². The van der Waals surface area contributed by atoms with Crippen molar-refractivity contribution in [2.45, 2.75) is 18.9 Å². The zero-order valence-corrected chi connectivity index (χ0v) is 13.3. The largest absolute Gasteiger partial charge is 0.486 e. The minimum Gasteiger partial charge on any atom is -0.486 e. The lowest BCUT2D eigenvalue weighted by Crippen LogP contribution is -2.32. The molecule has 0 aliphatic carbocycles. The molecule has 1 aromatic carbocycles. The molecule has 1 aliphatic heterocycles. The predicted octanol–water partition coefficient (Wildman–Crippen LogP) is 2.00. The third-order valence-electron chi connectivity index (χ3n) is 3.27. The fraction of sp³-hybridized carbons (Fsp3) is 0.462. The molecule has 122 valence electrons. The fourth-order valence-electron chi connectivity index (χ4n) is 2.18. The molecule has 9 heteroatoms. The maximum absolute atomic E-state index is 11.9. The van der Waals surface area contributed by atoms with Gasteiger partial charge in [0.1, 0.15) is 0 Å². The lowest BCUT2D eigenvalue weighted by atomic mass is 10.3. The Bertz CT molecular complexity index is 556. The van der Waals surface area contributed by atoms with Crippen LogP contribution in [0.3, 0.4) is 0 Å². The Morgan fingerprint density at radius 3 is 2.86 bits per heavy atom. The number of hydrogen-bond acceptors (Lipinski definition) is 5. The van der Waals surface area contributed by atoms with Crippen LogP contribution >= 0.6 is 24.0 Å². The monoisotopic (exact) mass is 349 g/mol. The second-order valence-corrected chi connectivity index (χ2v) is 5.29. The number of benzene rings is 1. The number of likely N-dealkylation sites (tertiary alicyclic amines) is 1. The summed E-state index contributed by atoms with van der Waals surface area (Å²) < 4.78 is 5.33. The molecule has 7 nitrogen and oxygen atoms in total. The lowest BCUT2D eigenvalue weighted by Gasteiger charge is -2.15. The van der Waals surface area contributed by atoms with E-state index in [1.54, 1.807) is 4.90 Å². The first-order valence-corrected chi connectivity index (χ1v) is 6.95. The summed E-state index contributed by atoms with van der Waals surface area (Å²) in [7, 11) is 0. The van der Waals surface area contributed by atoms with Gasteiger partial charge in [-0.25, -0.2) is 0 Å². The molecule has 0 aromatic heterocycles. The summed E-state index contributed by atoms with van der Waals surface area (Å²) in [5.41, 5.74) is 5.53. The van der Waals surface area contributed by atoms with Gasteiger partial charge in [0.25, 0.3) is 0 Å². The van der Waals surface area contributed by atoms with Crippen molar-refractivity contribution in [1.29, 1.82) is 0 Å². The van der Waals surface area contributed by atoms with Gasteiger partial charge < -0.3 is 15.4 Å². The number of nitrogens with two attached hydrogens (primary N) is 1. The molecular formula is C13H17Cl2N3O4. The number of amides is 1. The van der Waals surface area contributed by atoms with Crippen LogP contribution < -0.4 is 10.5 Å². The van der Waals surface area contributed by atoms with Crippen molar-refractivity contribution in [2.75, 3.05) is 19.7 Å². The summed E-state index contributed by atoms with van der Waals surface area (Å²) in [5, 5.41) is 11.2. The van der Waals surface area contributed by atoms with Gasteiger partial charge in [-0.05, 0) is 18.6 Å². The van der Waals surface area contributed by atoms with Crippen LogP contribution in [-0.4, -0.2) is 41.5 Å². The van der Waals surface area contributed by atoms with Crippen LogP contribution in [0.25, 0.3) is 0 Å². The number of halogens is 2. The van der Waals surface area contributed by atoms with Crippen molar-refractivity contribution in [2.24, 2.45) is 5.73 Å². The summed E-state index contributed by atoms with van der Waals surface area (Å²) >= 11 is 5.71. The molecule has 1 heterocycles. The van der Waals surface area contributed by atoms with Crippen molar-refractivity contribution in [3.8, 4) is 5.75 Å². The molecular weight excluding hydrogens is 333 g/mol. The van der Waals surface area contributed by atoms with Crippen LogP contribution in [0.2, 0.25) is 5.02 Å². The summed E-state index contributed by atoms with van der Waals surface area (Å²) in [6.07, 6.45) is 0.960. The van der Waals surface area contributed by atoms with Gasteiger partial charge in [0.15, 0.2) is 5.75 Å². The highest BCUT2D eigenvalue weighted by Gasteiger charge is 2.23. The maximum atomic E-state index is 11.9. The van der Waals surface area contributed by atoms with E-state index in [4.69, 9.17) is 22.1 Å². The first-order valence-electron chi connectivity index (χ1n) is 6.57. The fourth-order valence-corrected chi connectivity index (χ4v) is 2.34. The van der Waals surface area contributed by atoms with Crippen LogP contribution in [-0.2, 0) is 4.79 Å². The standard InChI is InChI=1S/C13H16ClN3O4.ClH/c14-9-1-2-12(11(7-9)17(19)20)21-6-4-13(18)16-5-3-10(15)8-16;/h1-2,7,10H,3-6,8,15H2;1H/t10-;/m1./s1. The molecule has 0 bridgehead atoms. The average Bonchev–Trinajstić information content (AvgIpc) is 2.86. The van der Waals surface area contributed by atoms with Crippen LogP contribution in [0, 0.1) is 10.1 Å². The highest BCUT2D eigenvalue weighted by molar-refractivity contribution is 6.30. The van der Waals surface area contributed by atoms with E-state index >= 15 is 0 Å². The van der Waals surface area contributed by atoms with Gasteiger partial charge in [0.2, 0.25) is 5.91 Å². The quantitative estimate of drug-likeness (QED) is 0.647. The van der Waals surface area contributed by atoms with Crippen molar-refractivity contribution >= 4 is 35.6 Å². The molecule has 1 aliphatic rings. The maximum Gasteiger partial charge on any atom is 0.312 e. The van der Waals surface area contributed by atoms with E-state index in [0.29, 0.717) is 13.1 Å². The van der Waals surface area contributed by atoms with E-state index in [-0.39, 0.29) is 53.8 Å². The van der Waals surface area contributed by atoms with Crippen molar-refractivity contribution in [3.05, 3.63) is 33.3 Å². The van der Waals surface area contributed by atoms with Gasteiger partial charge in [0, 0.05) is 30.2 Å². The Kier molecular flexibility index (Phi) is 6.86. The highest BCUT2D eigenvalue weighted by Crippen LogP contribution is 2.29. The Morgan fingerprint density at radius 2 is 2.27 bits per heavy atom. The molecule has 0 spiro atoms. The van der Waals surface area contributed by atoms with E-state index in [1.807, 2.05) is 0 Å². The highest BCUT2D eigenvalue weighted by atomic mass is 35.5. The van der Waals surface area contributed by atoms with Gasteiger partial charge >= 0.3 is 5.69 Å². The first kappa shape index (κ1) is 18.5. The number of ether oxygens (including phenoxy) is 1. The zero-order chi connectivity index (χ0) is 15.4. The number of hydrogen-bond donors (Lipinski definition) is 1. The lowest BCUT2D eigenvalue weighted by molar-refractivity contribution is -0.385. The van der Waals surface area contributed by atoms with E-state index in [2.05, 4.69) is 0 Å². The van der Waals surface area contributed by atoms with Crippen LogP contribution in [0.5, 0.6) is 5.75 Å². The van der Waals surface area contributed by atoms with Gasteiger partial charge in [-0.1, -0.05) is 11.6 Å². The predicted molar refractivity (Wildman–Crippen MR) is 84.6 cm³/mol. The van der Waals surface area contributed by atoms with E-state index < -0.39 is 4.92 Å². The molecule has 2 N–H and O–H groups in total. The molecule has 0 radical (unpaired) electrons. The van der Waals surface area contributed by atoms with Gasteiger partial charge in [-0.15, -0.1) is 12.4 Å². The Balaban J connectivity index is 0.00000242. The number of rotatable bonds is 5. The summed E-state index contributed by atoms with van der Waals surface area (Å²) in [5.74, 6) is 0.0508. The number of carbonyl (C=O) groups is 1. The smallest absolute Gasteiger partial charge is 0.312 e. The van der Waals surface area contributed by atoms with Crippen molar-refractivity contribution < 1.29 is 14.5 Å². The molecule has 1 atom stereocenters. The molecule has 1 saturated heterocycles. The minimum atomic E-state index is -0.567. The summed E-state index contributed by atoms with van der Waals surface area (Å²) in [6.45, 7) is 1.29. The van der Waals surface area contributed by atoms with Gasteiger partial charge in [-0.2, -0.15) is 0 Å². The van der Waals surface area contributed by atoms with Crippen molar-refractivity contribution in [1.82, 2.24) is 4.90 Å². The zero-order valence-electron chi connectivity index (χ0n) is 11.7. The Labute approximate surface area is 138 Å². The third-order valence-corrected chi connectivity index (χ3v) is 3.50. The molecule has 0 unspecified atom stereocenters. The molecule has 1 fully saturated rings. The summed E-state index contributed by atoms with van der Waals surface area (Å²) in [6, 6.07) is 4.19. The van der Waals surface area contributed by atoms with Crippen LogP contribution in [0.4, 0.5) is 5.69 Å². The van der Waals surface area contributed by atoms with Crippen LogP contribution in [0.15, 0.2) is 18.2 Å². The number of nitro benzene ring substituents is 1. The summed E-state index contributed by atoms with van der Waals surface area (Å²) in [4.78, 5) is 23.9. The normalized spacial score (nSPS) is 17.0. The second kappa shape index (κ2) is 8.17.